The molecule has 3 heterocycles. The fourth-order valence-electron chi connectivity index (χ4n) is 1.68. The van der Waals surface area contributed by atoms with Crippen molar-refractivity contribution in [1.82, 2.24) is 25.3 Å². The summed E-state index contributed by atoms with van der Waals surface area (Å²) in [5.74, 6) is 0.267. The second-order valence-electron chi connectivity index (χ2n) is 4.08. The number of nitrogens with zero attached hydrogens (tertiary/aromatic N) is 4. The molecule has 1 N–H and O–H groups in total. The molecule has 3 aromatic rings. The lowest BCUT2D eigenvalue weighted by Crippen LogP contribution is -2.24. The molecule has 0 radical (unpaired) electrons. The van der Waals surface area contributed by atoms with Gasteiger partial charge in [-0.05, 0) is 11.4 Å². The molecule has 0 saturated carbocycles. The number of rotatable bonds is 5. The van der Waals surface area contributed by atoms with E-state index < -0.39 is 0 Å². The molecule has 0 aliphatic carbocycles. The van der Waals surface area contributed by atoms with Crippen molar-refractivity contribution < 1.29 is 4.79 Å². The van der Waals surface area contributed by atoms with Crippen LogP contribution in [-0.2, 0) is 11.3 Å². The van der Waals surface area contributed by atoms with Gasteiger partial charge in [-0.2, -0.15) is 0 Å². The summed E-state index contributed by atoms with van der Waals surface area (Å²) in [6, 6.07) is 3.96. The van der Waals surface area contributed by atoms with Crippen molar-refractivity contribution >= 4 is 40.0 Å². The second kappa shape index (κ2) is 6.59. The smallest absolute Gasteiger partial charge is 0.230 e. The number of thiophene rings is 1. The van der Waals surface area contributed by atoms with Crippen LogP contribution in [-0.4, -0.2) is 31.6 Å². The van der Waals surface area contributed by atoms with Crippen LogP contribution in [0, 0.1) is 0 Å². The SMILES string of the molecule is O=C(CSc1ncnc2ncncc12)NCc1cccs1. The lowest BCUT2D eigenvalue weighted by Gasteiger charge is -2.04. The molecule has 0 aliphatic rings. The Bertz CT molecular complexity index is 742. The van der Waals surface area contributed by atoms with Crippen molar-refractivity contribution in [3.63, 3.8) is 0 Å². The molecule has 0 aromatic carbocycles. The summed E-state index contributed by atoms with van der Waals surface area (Å²) < 4.78 is 0. The molecule has 0 spiro atoms. The van der Waals surface area contributed by atoms with Crippen molar-refractivity contribution in [2.24, 2.45) is 0 Å². The highest BCUT2D eigenvalue weighted by Gasteiger charge is 2.08. The van der Waals surface area contributed by atoms with E-state index in [2.05, 4.69) is 25.3 Å². The minimum Gasteiger partial charge on any atom is -0.350 e. The Morgan fingerprint density at radius 2 is 2.19 bits per heavy atom. The number of thioether (sulfide) groups is 1. The Morgan fingerprint density at radius 3 is 3.05 bits per heavy atom. The van der Waals surface area contributed by atoms with Crippen LogP contribution in [0.3, 0.4) is 0 Å². The standard InChI is InChI=1S/C13H11N5OS2/c19-11(15-4-9-2-1-3-20-9)6-21-13-10-5-14-7-16-12(10)17-8-18-13/h1-3,5,7-8H,4,6H2,(H,15,19). The van der Waals surface area contributed by atoms with Crippen molar-refractivity contribution in [2.75, 3.05) is 5.75 Å². The quantitative estimate of drug-likeness (QED) is 0.572. The van der Waals surface area contributed by atoms with Crippen LogP contribution in [0.1, 0.15) is 4.88 Å². The molecule has 6 nitrogen and oxygen atoms in total. The first kappa shape index (κ1) is 13.9. The van der Waals surface area contributed by atoms with Gasteiger partial charge in [-0.3, -0.25) is 4.79 Å². The first-order valence-electron chi connectivity index (χ1n) is 6.15. The summed E-state index contributed by atoms with van der Waals surface area (Å²) >= 11 is 2.98. The average molecular weight is 317 g/mol. The van der Waals surface area contributed by atoms with Crippen molar-refractivity contribution in [3.8, 4) is 0 Å². The highest BCUT2D eigenvalue weighted by Crippen LogP contribution is 2.22. The van der Waals surface area contributed by atoms with E-state index in [1.165, 1.54) is 24.4 Å². The molecule has 3 rings (SSSR count). The first-order chi connectivity index (χ1) is 10.3. The van der Waals surface area contributed by atoms with Gasteiger partial charge in [0.05, 0.1) is 17.7 Å². The second-order valence-corrected chi connectivity index (χ2v) is 6.08. The lowest BCUT2D eigenvalue weighted by atomic mass is 10.4. The maximum Gasteiger partial charge on any atom is 0.230 e. The molecular formula is C13H11N5OS2. The van der Waals surface area contributed by atoms with Gasteiger partial charge < -0.3 is 5.32 Å². The summed E-state index contributed by atoms with van der Waals surface area (Å²) in [7, 11) is 0. The zero-order chi connectivity index (χ0) is 14.5. The van der Waals surface area contributed by atoms with Crippen LogP contribution in [0.15, 0.2) is 41.4 Å². The Kier molecular flexibility index (Phi) is 4.37. The molecule has 0 saturated heterocycles. The molecule has 0 fully saturated rings. The van der Waals surface area contributed by atoms with E-state index in [0.29, 0.717) is 23.0 Å². The van der Waals surface area contributed by atoms with Gasteiger partial charge in [0.15, 0.2) is 5.65 Å². The summed E-state index contributed by atoms with van der Waals surface area (Å²) in [5, 5.41) is 6.34. The molecular weight excluding hydrogens is 306 g/mol. The number of carbonyl (C=O) groups excluding carboxylic acids is 1. The van der Waals surface area contributed by atoms with Crippen LogP contribution < -0.4 is 5.32 Å². The van der Waals surface area contributed by atoms with Gasteiger partial charge in [0.1, 0.15) is 17.7 Å². The minimum absolute atomic E-state index is 0.0305. The summed E-state index contributed by atoms with van der Waals surface area (Å²) in [6.07, 6.45) is 4.55. The van der Waals surface area contributed by atoms with Crippen molar-refractivity contribution in [3.05, 3.63) is 41.2 Å². The number of hydrogen-bond donors (Lipinski definition) is 1. The summed E-state index contributed by atoms with van der Waals surface area (Å²) in [5.41, 5.74) is 0.585. The Balaban J connectivity index is 1.60. The number of carbonyl (C=O) groups is 1. The Labute approximate surface area is 129 Å². The molecule has 0 aliphatic heterocycles. The molecule has 0 atom stereocenters. The van der Waals surface area contributed by atoms with Gasteiger partial charge in [-0.1, -0.05) is 17.8 Å². The molecule has 21 heavy (non-hydrogen) atoms. The van der Waals surface area contributed by atoms with E-state index in [4.69, 9.17) is 0 Å². The van der Waals surface area contributed by atoms with Crippen LogP contribution in [0.4, 0.5) is 0 Å². The lowest BCUT2D eigenvalue weighted by molar-refractivity contribution is -0.118. The Hall–Kier alpha value is -2.06. The highest BCUT2D eigenvalue weighted by atomic mass is 32.2. The van der Waals surface area contributed by atoms with Crippen LogP contribution in [0.2, 0.25) is 0 Å². The molecule has 8 heteroatoms. The van der Waals surface area contributed by atoms with Gasteiger partial charge in [0.2, 0.25) is 5.91 Å². The van der Waals surface area contributed by atoms with Gasteiger partial charge in [0, 0.05) is 11.1 Å². The van der Waals surface area contributed by atoms with E-state index in [1.807, 2.05) is 17.5 Å². The molecule has 3 aromatic heterocycles. The normalized spacial score (nSPS) is 10.7. The molecule has 0 bridgehead atoms. The van der Waals surface area contributed by atoms with E-state index in [0.717, 1.165) is 10.3 Å². The van der Waals surface area contributed by atoms with Crippen molar-refractivity contribution in [2.45, 2.75) is 11.6 Å². The predicted molar refractivity (Wildman–Crippen MR) is 82.0 cm³/mol. The summed E-state index contributed by atoms with van der Waals surface area (Å²) in [4.78, 5) is 29.3. The van der Waals surface area contributed by atoms with Gasteiger partial charge in [-0.15, -0.1) is 11.3 Å². The third-order valence-electron chi connectivity index (χ3n) is 2.66. The van der Waals surface area contributed by atoms with Gasteiger partial charge in [0.25, 0.3) is 0 Å². The summed E-state index contributed by atoms with van der Waals surface area (Å²) in [6.45, 7) is 0.560. The highest BCUT2D eigenvalue weighted by molar-refractivity contribution is 8.00. The van der Waals surface area contributed by atoms with Crippen LogP contribution in [0.5, 0.6) is 0 Å². The monoisotopic (exact) mass is 317 g/mol. The van der Waals surface area contributed by atoms with E-state index in [1.54, 1.807) is 17.5 Å². The fraction of sp³-hybridized carbons (Fsp3) is 0.154. The van der Waals surface area contributed by atoms with Gasteiger partial charge in [-0.25, -0.2) is 19.9 Å². The number of fused-ring (bicyclic) bond motifs is 1. The van der Waals surface area contributed by atoms with E-state index in [-0.39, 0.29) is 5.91 Å². The topological polar surface area (TPSA) is 80.7 Å². The molecule has 0 unspecified atom stereocenters. The van der Waals surface area contributed by atoms with E-state index >= 15 is 0 Å². The largest absolute Gasteiger partial charge is 0.350 e. The zero-order valence-electron chi connectivity index (χ0n) is 10.9. The number of amides is 1. The maximum atomic E-state index is 11.8. The fourth-order valence-corrected chi connectivity index (χ4v) is 3.12. The maximum absolute atomic E-state index is 11.8. The van der Waals surface area contributed by atoms with Crippen LogP contribution in [0.25, 0.3) is 11.0 Å². The van der Waals surface area contributed by atoms with Crippen LogP contribution >= 0.6 is 23.1 Å². The molecule has 106 valence electrons. The number of aromatic nitrogens is 4. The van der Waals surface area contributed by atoms with Gasteiger partial charge >= 0.3 is 0 Å². The first-order valence-corrected chi connectivity index (χ1v) is 8.02. The Morgan fingerprint density at radius 1 is 1.29 bits per heavy atom. The van der Waals surface area contributed by atoms with Crippen molar-refractivity contribution in [1.29, 1.82) is 0 Å². The third kappa shape index (κ3) is 3.53. The predicted octanol–water partition coefficient (Wildman–Crippen LogP) is 1.89. The number of nitrogens with one attached hydrogen (secondary N) is 1. The zero-order valence-corrected chi connectivity index (χ0v) is 12.5. The average Bonchev–Trinajstić information content (AvgIpc) is 3.04. The minimum atomic E-state index is -0.0305. The number of hydrogen-bond acceptors (Lipinski definition) is 7. The molecule has 1 amide bonds. The third-order valence-corrected chi connectivity index (χ3v) is 4.54. The van der Waals surface area contributed by atoms with E-state index in [9.17, 15) is 4.79 Å².